The van der Waals surface area contributed by atoms with Gasteiger partial charge in [0.1, 0.15) is 5.75 Å². The second-order valence-corrected chi connectivity index (χ2v) is 8.94. The third-order valence-corrected chi connectivity index (χ3v) is 6.77. The highest BCUT2D eigenvalue weighted by atomic mass is 16.7. The van der Waals surface area contributed by atoms with Gasteiger partial charge in [-0.15, -0.1) is 0 Å². The van der Waals surface area contributed by atoms with Gasteiger partial charge in [0.05, 0.1) is 0 Å². The molecule has 6 heteroatoms. The number of aryl methyl sites for hydroxylation is 2. The SMILES string of the molecule is CCC(Oc1ccc2c(c1)CCCC2)C(=O)N1CCN(Cc2ccc3c(c2)OCO3)CC1. The lowest BCUT2D eigenvalue weighted by Gasteiger charge is -2.36. The molecule has 5 rings (SSSR count). The van der Waals surface area contributed by atoms with Gasteiger partial charge in [-0.1, -0.05) is 19.1 Å². The Hall–Kier alpha value is -2.73. The van der Waals surface area contributed by atoms with E-state index in [1.165, 1.54) is 29.5 Å². The Morgan fingerprint density at radius 2 is 1.75 bits per heavy atom. The van der Waals surface area contributed by atoms with Crippen LogP contribution in [-0.2, 0) is 24.2 Å². The predicted octanol–water partition coefficient (Wildman–Crippen LogP) is 3.80. The van der Waals surface area contributed by atoms with E-state index in [-0.39, 0.29) is 5.91 Å². The lowest BCUT2D eigenvalue weighted by molar-refractivity contribution is -0.140. The highest BCUT2D eigenvalue weighted by molar-refractivity contribution is 5.81. The second-order valence-electron chi connectivity index (χ2n) is 8.94. The van der Waals surface area contributed by atoms with Gasteiger partial charge in [-0.3, -0.25) is 9.69 Å². The molecular formula is C26H32N2O4. The molecule has 6 nitrogen and oxygen atoms in total. The maximum atomic E-state index is 13.2. The summed E-state index contributed by atoms with van der Waals surface area (Å²) in [5.41, 5.74) is 4.02. The summed E-state index contributed by atoms with van der Waals surface area (Å²) in [6, 6.07) is 12.5. The molecule has 2 heterocycles. The molecule has 1 unspecified atom stereocenters. The number of nitrogens with zero attached hydrogens (tertiary/aromatic N) is 2. The van der Waals surface area contributed by atoms with Crippen molar-refractivity contribution in [2.75, 3.05) is 33.0 Å². The van der Waals surface area contributed by atoms with E-state index in [0.717, 1.165) is 62.8 Å². The fourth-order valence-corrected chi connectivity index (χ4v) is 4.88. The highest BCUT2D eigenvalue weighted by Gasteiger charge is 2.28. The van der Waals surface area contributed by atoms with Gasteiger partial charge in [-0.2, -0.15) is 0 Å². The molecule has 1 aliphatic carbocycles. The minimum absolute atomic E-state index is 0.105. The van der Waals surface area contributed by atoms with Crippen molar-refractivity contribution in [3.05, 3.63) is 53.1 Å². The highest BCUT2D eigenvalue weighted by Crippen LogP contribution is 2.33. The van der Waals surface area contributed by atoms with E-state index in [1.54, 1.807) is 0 Å². The molecule has 2 aromatic carbocycles. The molecule has 0 spiro atoms. The number of fused-ring (bicyclic) bond motifs is 2. The van der Waals surface area contributed by atoms with E-state index in [1.807, 2.05) is 24.0 Å². The maximum Gasteiger partial charge on any atom is 0.263 e. The normalized spacial score (nSPS) is 18.8. The van der Waals surface area contributed by atoms with Crippen LogP contribution in [0.5, 0.6) is 17.2 Å². The summed E-state index contributed by atoms with van der Waals surface area (Å²) >= 11 is 0. The van der Waals surface area contributed by atoms with Gasteiger partial charge in [0, 0.05) is 32.7 Å². The van der Waals surface area contributed by atoms with Crippen molar-refractivity contribution in [3.63, 3.8) is 0 Å². The van der Waals surface area contributed by atoms with E-state index in [4.69, 9.17) is 14.2 Å². The zero-order valence-corrected chi connectivity index (χ0v) is 18.8. The Kier molecular flexibility index (Phi) is 6.21. The summed E-state index contributed by atoms with van der Waals surface area (Å²) in [5, 5.41) is 0. The standard InChI is InChI=1S/C26H32N2O4/c1-2-23(32-22-9-8-20-5-3-4-6-21(20)16-22)26(29)28-13-11-27(12-14-28)17-19-7-10-24-25(15-19)31-18-30-24/h7-10,15-16,23H,2-6,11-14,17-18H2,1H3. The zero-order valence-electron chi connectivity index (χ0n) is 18.8. The van der Waals surface area contributed by atoms with Crippen molar-refractivity contribution < 1.29 is 19.0 Å². The first-order chi connectivity index (χ1) is 15.7. The fourth-order valence-electron chi connectivity index (χ4n) is 4.88. The number of benzene rings is 2. The maximum absolute atomic E-state index is 13.2. The van der Waals surface area contributed by atoms with E-state index in [0.29, 0.717) is 13.2 Å². The molecule has 170 valence electrons. The Labute approximate surface area is 190 Å². The van der Waals surface area contributed by atoms with E-state index in [2.05, 4.69) is 29.2 Å². The van der Waals surface area contributed by atoms with Crippen LogP contribution in [0.15, 0.2) is 36.4 Å². The zero-order chi connectivity index (χ0) is 21.9. The van der Waals surface area contributed by atoms with Crippen LogP contribution in [-0.4, -0.2) is 54.8 Å². The molecule has 1 fully saturated rings. The van der Waals surface area contributed by atoms with Crippen LogP contribution in [0.3, 0.4) is 0 Å². The smallest absolute Gasteiger partial charge is 0.263 e. The second kappa shape index (κ2) is 9.41. The number of carbonyl (C=O) groups excluding carboxylic acids is 1. The van der Waals surface area contributed by atoms with Crippen molar-refractivity contribution >= 4 is 5.91 Å². The van der Waals surface area contributed by atoms with Crippen LogP contribution in [0.25, 0.3) is 0 Å². The van der Waals surface area contributed by atoms with Crippen molar-refractivity contribution in [2.45, 2.75) is 51.7 Å². The van der Waals surface area contributed by atoms with Crippen LogP contribution in [0.2, 0.25) is 0 Å². The summed E-state index contributed by atoms with van der Waals surface area (Å²) in [6.07, 6.45) is 5.03. The Morgan fingerprint density at radius 1 is 0.969 bits per heavy atom. The molecule has 0 bridgehead atoms. The Bertz CT molecular complexity index is 968. The molecule has 0 radical (unpaired) electrons. The third kappa shape index (κ3) is 4.56. The number of hydrogen-bond acceptors (Lipinski definition) is 5. The van der Waals surface area contributed by atoms with Crippen molar-refractivity contribution in [1.82, 2.24) is 9.80 Å². The monoisotopic (exact) mass is 436 g/mol. The Morgan fingerprint density at radius 3 is 2.56 bits per heavy atom. The molecule has 1 amide bonds. The minimum atomic E-state index is -0.419. The number of rotatable bonds is 6. The van der Waals surface area contributed by atoms with Crippen LogP contribution in [0, 0.1) is 0 Å². The molecule has 0 aromatic heterocycles. The first-order valence-electron chi connectivity index (χ1n) is 11.9. The van der Waals surface area contributed by atoms with Gasteiger partial charge in [-0.05, 0) is 73.1 Å². The summed E-state index contributed by atoms with van der Waals surface area (Å²) in [4.78, 5) is 17.5. The number of piperazine rings is 1. The first-order valence-corrected chi connectivity index (χ1v) is 11.9. The number of carbonyl (C=O) groups is 1. The molecule has 0 saturated carbocycles. The quantitative estimate of drug-likeness (QED) is 0.690. The molecule has 3 aliphatic rings. The van der Waals surface area contributed by atoms with E-state index >= 15 is 0 Å². The van der Waals surface area contributed by atoms with Crippen molar-refractivity contribution in [2.24, 2.45) is 0 Å². The summed E-state index contributed by atoms with van der Waals surface area (Å²) < 4.78 is 17.1. The number of amides is 1. The Balaban J connectivity index is 1.15. The minimum Gasteiger partial charge on any atom is -0.481 e. The lowest BCUT2D eigenvalue weighted by atomic mass is 9.92. The van der Waals surface area contributed by atoms with Gasteiger partial charge in [-0.25, -0.2) is 0 Å². The average molecular weight is 437 g/mol. The van der Waals surface area contributed by atoms with Gasteiger partial charge in [0.2, 0.25) is 6.79 Å². The van der Waals surface area contributed by atoms with E-state index in [9.17, 15) is 4.79 Å². The van der Waals surface area contributed by atoms with Crippen LogP contribution in [0.4, 0.5) is 0 Å². The van der Waals surface area contributed by atoms with E-state index < -0.39 is 6.10 Å². The third-order valence-electron chi connectivity index (χ3n) is 6.77. The molecule has 2 aliphatic heterocycles. The number of ether oxygens (including phenoxy) is 3. The van der Waals surface area contributed by atoms with Crippen LogP contribution in [0.1, 0.15) is 42.9 Å². The summed E-state index contributed by atoms with van der Waals surface area (Å²) in [6.45, 7) is 6.34. The molecule has 1 atom stereocenters. The predicted molar refractivity (Wildman–Crippen MR) is 122 cm³/mol. The van der Waals surface area contributed by atoms with Crippen molar-refractivity contribution in [3.8, 4) is 17.2 Å². The number of hydrogen-bond donors (Lipinski definition) is 0. The largest absolute Gasteiger partial charge is 0.481 e. The lowest BCUT2D eigenvalue weighted by Crippen LogP contribution is -2.52. The molecular weight excluding hydrogens is 404 g/mol. The fraction of sp³-hybridized carbons (Fsp3) is 0.500. The van der Waals surface area contributed by atoms with Gasteiger partial charge in [0.15, 0.2) is 17.6 Å². The van der Waals surface area contributed by atoms with Gasteiger partial charge < -0.3 is 19.1 Å². The molecule has 32 heavy (non-hydrogen) atoms. The first kappa shape index (κ1) is 21.1. The van der Waals surface area contributed by atoms with Crippen molar-refractivity contribution in [1.29, 1.82) is 0 Å². The summed E-state index contributed by atoms with van der Waals surface area (Å²) in [5.74, 6) is 2.57. The van der Waals surface area contributed by atoms with Gasteiger partial charge in [0.25, 0.3) is 5.91 Å². The van der Waals surface area contributed by atoms with Gasteiger partial charge >= 0.3 is 0 Å². The molecule has 0 N–H and O–H groups in total. The molecule has 1 saturated heterocycles. The summed E-state index contributed by atoms with van der Waals surface area (Å²) in [7, 11) is 0. The van der Waals surface area contributed by atoms with Crippen LogP contribution < -0.4 is 14.2 Å². The van der Waals surface area contributed by atoms with Crippen LogP contribution >= 0.6 is 0 Å². The topological polar surface area (TPSA) is 51.2 Å². The molecule has 2 aromatic rings. The average Bonchev–Trinajstić information content (AvgIpc) is 3.30.